The van der Waals surface area contributed by atoms with Crippen LogP contribution in [0.15, 0.2) is 41.3 Å². The molecule has 0 aliphatic carbocycles. The minimum Gasteiger partial charge on any atom is -0.453 e. The lowest BCUT2D eigenvalue weighted by atomic mass is 10.0. The highest BCUT2D eigenvalue weighted by molar-refractivity contribution is 7.99. The Labute approximate surface area is 169 Å². The SMILES string of the molecule is Cc1cc(C)c(NC(=O)C(C)OC(=O)CCSc2ccccc2Cl)c(C)c1. The zero-order valence-electron chi connectivity index (χ0n) is 16.0. The second-order valence-electron chi connectivity index (χ2n) is 6.42. The van der Waals surface area contributed by atoms with Crippen molar-refractivity contribution in [3.63, 3.8) is 0 Å². The van der Waals surface area contributed by atoms with Crippen LogP contribution in [0.2, 0.25) is 5.02 Å². The quantitative estimate of drug-likeness (QED) is 0.500. The van der Waals surface area contributed by atoms with Gasteiger partial charge in [-0.05, 0) is 51.0 Å². The summed E-state index contributed by atoms with van der Waals surface area (Å²) in [6, 6.07) is 11.5. The van der Waals surface area contributed by atoms with E-state index in [1.807, 2.05) is 57.2 Å². The molecule has 4 nitrogen and oxygen atoms in total. The highest BCUT2D eigenvalue weighted by Crippen LogP contribution is 2.27. The number of rotatable bonds is 7. The van der Waals surface area contributed by atoms with Gasteiger partial charge in [0.25, 0.3) is 5.91 Å². The third kappa shape index (κ3) is 6.29. The van der Waals surface area contributed by atoms with Crippen molar-refractivity contribution in [1.82, 2.24) is 0 Å². The summed E-state index contributed by atoms with van der Waals surface area (Å²) in [6.07, 6.45) is -0.654. The molecule has 1 unspecified atom stereocenters. The highest BCUT2D eigenvalue weighted by atomic mass is 35.5. The number of nitrogens with one attached hydrogen (secondary N) is 1. The Morgan fingerprint density at radius 1 is 1.15 bits per heavy atom. The van der Waals surface area contributed by atoms with Crippen LogP contribution in [0.25, 0.3) is 0 Å². The van der Waals surface area contributed by atoms with Gasteiger partial charge in [-0.15, -0.1) is 11.8 Å². The largest absolute Gasteiger partial charge is 0.453 e. The van der Waals surface area contributed by atoms with Gasteiger partial charge in [0.05, 0.1) is 11.4 Å². The molecule has 0 saturated carbocycles. The van der Waals surface area contributed by atoms with Crippen LogP contribution in [0.3, 0.4) is 0 Å². The lowest BCUT2D eigenvalue weighted by molar-refractivity contribution is -0.152. The van der Waals surface area contributed by atoms with Gasteiger partial charge < -0.3 is 10.1 Å². The zero-order valence-corrected chi connectivity index (χ0v) is 17.5. The van der Waals surface area contributed by atoms with Gasteiger partial charge in [-0.3, -0.25) is 9.59 Å². The maximum Gasteiger partial charge on any atom is 0.307 e. The number of thioether (sulfide) groups is 1. The Kier molecular flexibility index (Phi) is 7.75. The highest BCUT2D eigenvalue weighted by Gasteiger charge is 2.19. The van der Waals surface area contributed by atoms with E-state index in [4.69, 9.17) is 16.3 Å². The Morgan fingerprint density at radius 3 is 2.41 bits per heavy atom. The molecule has 1 N–H and O–H groups in total. The fourth-order valence-corrected chi connectivity index (χ4v) is 3.89. The van der Waals surface area contributed by atoms with Crippen molar-refractivity contribution in [2.75, 3.05) is 11.1 Å². The zero-order chi connectivity index (χ0) is 20.0. The molecule has 2 aromatic carbocycles. The molecule has 6 heteroatoms. The van der Waals surface area contributed by atoms with Crippen LogP contribution in [-0.2, 0) is 14.3 Å². The summed E-state index contributed by atoms with van der Waals surface area (Å²) in [5.41, 5.74) is 3.87. The molecular weight excluding hydrogens is 382 g/mol. The first-order valence-corrected chi connectivity index (χ1v) is 10.1. The number of anilines is 1. The van der Waals surface area contributed by atoms with Crippen molar-refractivity contribution in [3.05, 3.63) is 58.1 Å². The molecule has 2 rings (SSSR count). The molecular formula is C21H24ClNO3S. The first-order valence-electron chi connectivity index (χ1n) is 8.73. The lowest BCUT2D eigenvalue weighted by Crippen LogP contribution is -2.30. The predicted molar refractivity (Wildman–Crippen MR) is 112 cm³/mol. The van der Waals surface area contributed by atoms with Gasteiger partial charge in [-0.2, -0.15) is 0 Å². The molecule has 0 aliphatic rings. The third-order valence-electron chi connectivity index (χ3n) is 4.00. The minimum atomic E-state index is -0.858. The fourth-order valence-electron chi connectivity index (χ4n) is 2.72. The standard InChI is InChI=1S/C21H24ClNO3S/c1-13-11-14(2)20(15(3)12-13)23-21(25)16(4)26-19(24)9-10-27-18-8-6-5-7-17(18)22/h5-8,11-12,16H,9-10H2,1-4H3,(H,23,25). The van der Waals surface area contributed by atoms with E-state index in [2.05, 4.69) is 5.32 Å². The number of ether oxygens (including phenoxy) is 1. The van der Waals surface area contributed by atoms with E-state index in [0.717, 1.165) is 27.3 Å². The number of esters is 1. The maximum atomic E-state index is 12.4. The van der Waals surface area contributed by atoms with E-state index in [9.17, 15) is 9.59 Å². The molecule has 1 atom stereocenters. The molecule has 0 aromatic heterocycles. The molecule has 0 saturated heterocycles. The van der Waals surface area contributed by atoms with Crippen molar-refractivity contribution >= 4 is 40.9 Å². The molecule has 27 heavy (non-hydrogen) atoms. The molecule has 0 aliphatic heterocycles. The average molecular weight is 406 g/mol. The molecule has 0 bridgehead atoms. The van der Waals surface area contributed by atoms with E-state index < -0.39 is 12.1 Å². The van der Waals surface area contributed by atoms with Gasteiger partial charge in [-0.1, -0.05) is 41.4 Å². The molecule has 0 fully saturated rings. The topological polar surface area (TPSA) is 55.4 Å². The normalized spacial score (nSPS) is 11.7. The molecule has 0 heterocycles. The Bertz CT molecular complexity index is 815. The van der Waals surface area contributed by atoms with Crippen molar-refractivity contribution in [2.45, 2.75) is 45.1 Å². The van der Waals surface area contributed by atoms with Crippen LogP contribution in [0.5, 0.6) is 0 Å². The number of hydrogen-bond acceptors (Lipinski definition) is 4. The van der Waals surface area contributed by atoms with Gasteiger partial charge >= 0.3 is 5.97 Å². The number of benzene rings is 2. The smallest absolute Gasteiger partial charge is 0.307 e. The summed E-state index contributed by atoms with van der Waals surface area (Å²) < 4.78 is 5.26. The lowest BCUT2D eigenvalue weighted by Gasteiger charge is -2.17. The number of hydrogen-bond donors (Lipinski definition) is 1. The number of aryl methyl sites for hydroxylation is 3. The van der Waals surface area contributed by atoms with E-state index >= 15 is 0 Å². The number of halogens is 1. The maximum absolute atomic E-state index is 12.4. The van der Waals surface area contributed by atoms with Crippen LogP contribution >= 0.6 is 23.4 Å². The summed E-state index contributed by atoms with van der Waals surface area (Å²) >= 11 is 7.57. The van der Waals surface area contributed by atoms with Crippen LogP contribution in [-0.4, -0.2) is 23.7 Å². The predicted octanol–water partition coefficient (Wildman–Crippen LogP) is 5.32. The van der Waals surface area contributed by atoms with Crippen molar-refractivity contribution < 1.29 is 14.3 Å². The Hall–Kier alpha value is -1.98. The minimum absolute atomic E-state index is 0.204. The summed E-state index contributed by atoms with van der Waals surface area (Å²) in [5.74, 6) is -0.209. The molecule has 2 aromatic rings. The first-order chi connectivity index (χ1) is 12.8. The number of amides is 1. The van der Waals surface area contributed by atoms with E-state index in [1.54, 1.807) is 6.92 Å². The average Bonchev–Trinajstić information content (AvgIpc) is 2.59. The second kappa shape index (κ2) is 9.81. The van der Waals surface area contributed by atoms with Gasteiger partial charge in [0.15, 0.2) is 6.10 Å². The van der Waals surface area contributed by atoms with Gasteiger partial charge in [0.1, 0.15) is 0 Å². The number of carbonyl (C=O) groups is 2. The van der Waals surface area contributed by atoms with Crippen molar-refractivity contribution in [2.24, 2.45) is 0 Å². The van der Waals surface area contributed by atoms with Crippen LogP contribution in [0, 0.1) is 20.8 Å². The van der Waals surface area contributed by atoms with Gasteiger partial charge in [0, 0.05) is 16.3 Å². The summed E-state index contributed by atoms with van der Waals surface area (Å²) in [4.78, 5) is 25.3. The second-order valence-corrected chi connectivity index (χ2v) is 7.97. The Balaban J connectivity index is 1.83. The number of carbonyl (C=O) groups excluding carboxylic acids is 2. The van der Waals surface area contributed by atoms with E-state index in [1.165, 1.54) is 11.8 Å². The molecule has 1 amide bonds. The van der Waals surface area contributed by atoms with Gasteiger partial charge in [0.2, 0.25) is 0 Å². The van der Waals surface area contributed by atoms with E-state index in [-0.39, 0.29) is 12.3 Å². The first kappa shape index (κ1) is 21.3. The van der Waals surface area contributed by atoms with Crippen molar-refractivity contribution in [1.29, 1.82) is 0 Å². The monoisotopic (exact) mass is 405 g/mol. The Morgan fingerprint density at radius 2 is 1.78 bits per heavy atom. The summed E-state index contributed by atoms with van der Waals surface area (Å²) in [5, 5.41) is 3.52. The molecule has 0 radical (unpaired) electrons. The summed E-state index contributed by atoms with van der Waals surface area (Å²) in [7, 11) is 0. The van der Waals surface area contributed by atoms with Crippen molar-refractivity contribution in [3.8, 4) is 0 Å². The van der Waals surface area contributed by atoms with Crippen LogP contribution in [0.1, 0.15) is 30.0 Å². The van der Waals surface area contributed by atoms with E-state index in [0.29, 0.717) is 10.8 Å². The fraction of sp³-hybridized carbons (Fsp3) is 0.333. The molecule has 144 valence electrons. The van der Waals surface area contributed by atoms with Gasteiger partial charge in [-0.25, -0.2) is 0 Å². The molecule has 0 spiro atoms. The third-order valence-corrected chi connectivity index (χ3v) is 5.52. The van der Waals surface area contributed by atoms with Crippen LogP contribution in [0.4, 0.5) is 5.69 Å². The van der Waals surface area contributed by atoms with Crippen LogP contribution < -0.4 is 5.32 Å². The summed E-state index contributed by atoms with van der Waals surface area (Å²) in [6.45, 7) is 7.47.